The molecular weight excluding hydrogens is 313 g/mol. The first-order chi connectivity index (χ1) is 8.11. The van der Waals surface area contributed by atoms with Crippen molar-refractivity contribution in [2.45, 2.75) is 12.8 Å². The molecule has 0 saturated heterocycles. The van der Waals surface area contributed by atoms with Gasteiger partial charge in [-0.3, -0.25) is 0 Å². The summed E-state index contributed by atoms with van der Waals surface area (Å²) < 4.78 is 31.6. The third-order valence-electron chi connectivity index (χ3n) is 2.52. The van der Waals surface area contributed by atoms with Crippen LogP contribution in [0.2, 0.25) is 0 Å². The van der Waals surface area contributed by atoms with Gasteiger partial charge in [-0.1, -0.05) is 18.7 Å². The van der Waals surface area contributed by atoms with E-state index >= 15 is 0 Å². The molecule has 2 rings (SSSR count). The number of nitrogens with one attached hydrogen (secondary N) is 1. The van der Waals surface area contributed by atoms with Crippen molar-refractivity contribution >= 4 is 5.70 Å². The summed E-state index contributed by atoms with van der Waals surface area (Å²) in [6.45, 7) is 3.78. The van der Waals surface area contributed by atoms with Crippen LogP contribution in [0.3, 0.4) is 0 Å². The molecule has 93 valence electrons. The first-order valence-corrected chi connectivity index (χ1v) is 5.21. The fraction of sp³-hybridized carbons (Fsp3) is 0.231. The summed E-state index contributed by atoms with van der Waals surface area (Å²) in [5, 5.41) is 2.96. The molecule has 0 bridgehead atoms. The van der Waals surface area contributed by atoms with Gasteiger partial charge in [0.15, 0.2) is 17.4 Å². The molecule has 0 amide bonds. The largest absolute Gasteiger partial charge is 0.491 e. The summed E-state index contributed by atoms with van der Waals surface area (Å²) in [6.07, 6.45) is 4.50. The van der Waals surface area contributed by atoms with Crippen molar-refractivity contribution in [1.29, 1.82) is 0 Å². The van der Waals surface area contributed by atoms with Crippen molar-refractivity contribution < 1.29 is 46.2 Å². The molecule has 1 aromatic rings. The number of ether oxygens (including phenoxy) is 1. The van der Waals surface area contributed by atoms with Gasteiger partial charge in [-0.2, -0.15) is 0 Å². The maximum absolute atomic E-state index is 13.5. The number of hydrogen-bond acceptors (Lipinski definition) is 2. The maximum Gasteiger partial charge on any atom is 0.187 e. The van der Waals surface area contributed by atoms with Gasteiger partial charge >= 0.3 is 0 Å². The molecule has 1 aliphatic rings. The minimum atomic E-state index is -0.727. The van der Waals surface area contributed by atoms with Gasteiger partial charge in [0.1, 0.15) is 0 Å². The zero-order chi connectivity index (χ0) is 12.4. The molecule has 18 heavy (non-hydrogen) atoms. The molecule has 0 atom stereocenters. The van der Waals surface area contributed by atoms with E-state index in [-0.39, 0.29) is 38.5 Å². The van der Waals surface area contributed by atoms with Crippen LogP contribution in [0.5, 0.6) is 5.75 Å². The van der Waals surface area contributed by atoms with E-state index in [1.165, 1.54) is 19.2 Å². The molecule has 1 aliphatic heterocycles. The molecule has 0 fully saturated rings. The van der Waals surface area contributed by atoms with Crippen LogP contribution in [0, 0.1) is 17.7 Å². The van der Waals surface area contributed by atoms with Gasteiger partial charge in [-0.15, -0.1) is 17.7 Å². The Hall–Kier alpha value is -0.736. The standard InChI is InChI=1S/C13H12F2NO.Y/c1-8-4-3-5-12(16-8)9-6-10(14)13(17-2)11(15)7-9;/h6-7,16H,1,3-4H2,2H3;/q-1;. The fourth-order valence-electron chi connectivity index (χ4n) is 1.70. The molecule has 1 aromatic carbocycles. The predicted octanol–water partition coefficient (Wildman–Crippen LogP) is 3.01. The molecule has 0 aliphatic carbocycles. The molecule has 1 radical (unpaired) electrons. The Kier molecular flexibility index (Phi) is 5.48. The van der Waals surface area contributed by atoms with Crippen LogP contribution < -0.4 is 10.1 Å². The van der Waals surface area contributed by atoms with E-state index in [2.05, 4.69) is 22.7 Å². The van der Waals surface area contributed by atoms with E-state index in [1.807, 2.05) is 0 Å². The molecule has 5 heteroatoms. The van der Waals surface area contributed by atoms with Gasteiger partial charge in [0.05, 0.1) is 7.11 Å². The topological polar surface area (TPSA) is 21.3 Å². The number of methoxy groups -OCH3 is 1. The van der Waals surface area contributed by atoms with Gasteiger partial charge in [0.2, 0.25) is 0 Å². The second kappa shape index (κ2) is 6.44. The summed E-state index contributed by atoms with van der Waals surface area (Å²) in [5.74, 6) is -1.83. The van der Waals surface area contributed by atoms with E-state index in [0.717, 1.165) is 12.1 Å². The van der Waals surface area contributed by atoms with Crippen LogP contribution in [-0.4, -0.2) is 7.11 Å². The van der Waals surface area contributed by atoms with Crippen molar-refractivity contribution in [2.24, 2.45) is 0 Å². The van der Waals surface area contributed by atoms with Crippen molar-refractivity contribution in [3.8, 4) is 5.75 Å². The second-order valence-corrected chi connectivity index (χ2v) is 3.75. The zero-order valence-corrected chi connectivity index (χ0v) is 12.9. The molecule has 1 N–H and O–H groups in total. The summed E-state index contributed by atoms with van der Waals surface area (Å²) in [7, 11) is 1.23. The van der Waals surface area contributed by atoms with Crippen LogP contribution in [-0.2, 0) is 32.7 Å². The first-order valence-electron chi connectivity index (χ1n) is 5.21. The molecule has 0 aromatic heterocycles. The Morgan fingerprint density at radius 2 is 1.94 bits per heavy atom. The van der Waals surface area contributed by atoms with Crippen LogP contribution in [0.4, 0.5) is 8.78 Å². The SMILES string of the molecule is C=C1CC[C-]=C(c2cc(F)c(OC)c(F)c2)N1.[Y]. The third-order valence-corrected chi connectivity index (χ3v) is 2.52. The predicted molar refractivity (Wildman–Crippen MR) is 61.1 cm³/mol. The van der Waals surface area contributed by atoms with E-state index < -0.39 is 11.6 Å². The number of hydrogen-bond donors (Lipinski definition) is 1. The third kappa shape index (κ3) is 3.18. The zero-order valence-electron chi connectivity index (χ0n) is 10.0. The van der Waals surface area contributed by atoms with Crippen LogP contribution >= 0.6 is 0 Å². The van der Waals surface area contributed by atoms with E-state index in [1.54, 1.807) is 0 Å². The van der Waals surface area contributed by atoms with Crippen molar-refractivity contribution in [1.82, 2.24) is 5.32 Å². The maximum atomic E-state index is 13.5. The number of halogens is 2. The Balaban J connectivity index is 0.00000162. The normalized spacial score (nSPS) is 14.4. The Labute approximate surface area is 130 Å². The number of allylic oxidation sites excluding steroid dienone is 2. The average molecular weight is 325 g/mol. The number of benzene rings is 1. The van der Waals surface area contributed by atoms with Gasteiger partial charge in [0.25, 0.3) is 0 Å². The number of rotatable bonds is 2. The molecule has 1 heterocycles. The Bertz CT molecular complexity index is 477. The molecule has 0 spiro atoms. The van der Waals surface area contributed by atoms with Gasteiger partial charge in [-0.25, -0.2) is 14.9 Å². The van der Waals surface area contributed by atoms with E-state index in [9.17, 15) is 8.78 Å². The van der Waals surface area contributed by atoms with Crippen molar-refractivity contribution in [3.63, 3.8) is 0 Å². The van der Waals surface area contributed by atoms with E-state index in [4.69, 9.17) is 0 Å². The summed E-state index contributed by atoms with van der Waals surface area (Å²) in [6, 6.07) is 2.44. The molecule has 2 nitrogen and oxygen atoms in total. The van der Waals surface area contributed by atoms with Gasteiger partial charge in [-0.05, 0) is 6.42 Å². The average Bonchev–Trinajstić information content (AvgIpc) is 2.28. The minimum absolute atomic E-state index is 0. The summed E-state index contributed by atoms with van der Waals surface area (Å²) in [4.78, 5) is 0. The Morgan fingerprint density at radius 3 is 2.44 bits per heavy atom. The van der Waals surface area contributed by atoms with Crippen LogP contribution in [0.15, 0.2) is 24.4 Å². The minimum Gasteiger partial charge on any atom is -0.491 e. The quantitative estimate of drug-likeness (QED) is 0.844. The monoisotopic (exact) mass is 325 g/mol. The Morgan fingerprint density at radius 1 is 1.33 bits per heavy atom. The summed E-state index contributed by atoms with van der Waals surface area (Å²) >= 11 is 0. The van der Waals surface area contributed by atoms with Crippen LogP contribution in [0.25, 0.3) is 5.70 Å². The van der Waals surface area contributed by atoms with Gasteiger partial charge < -0.3 is 10.1 Å². The smallest absolute Gasteiger partial charge is 0.187 e. The second-order valence-electron chi connectivity index (χ2n) is 3.75. The summed E-state index contributed by atoms with van der Waals surface area (Å²) in [5.41, 5.74) is 1.78. The van der Waals surface area contributed by atoms with E-state index in [0.29, 0.717) is 17.7 Å². The molecule has 0 saturated carbocycles. The van der Waals surface area contributed by atoms with Gasteiger partial charge in [0, 0.05) is 38.4 Å². The molecular formula is C13H12F2NOY-. The fourth-order valence-corrected chi connectivity index (χ4v) is 1.70. The van der Waals surface area contributed by atoms with Crippen molar-refractivity contribution in [2.75, 3.05) is 7.11 Å². The first kappa shape index (κ1) is 15.3. The molecule has 0 unspecified atom stereocenters. The van der Waals surface area contributed by atoms with Crippen LogP contribution in [0.1, 0.15) is 18.4 Å². The van der Waals surface area contributed by atoms with Crippen molar-refractivity contribution in [3.05, 3.63) is 47.7 Å².